The molecule has 0 aliphatic heterocycles. The van der Waals surface area contributed by atoms with Gasteiger partial charge in [0.05, 0.1) is 6.61 Å². The van der Waals surface area contributed by atoms with Crippen LogP contribution in [0.15, 0.2) is 0 Å². The summed E-state index contributed by atoms with van der Waals surface area (Å²) in [7, 11) is 0. The summed E-state index contributed by atoms with van der Waals surface area (Å²) >= 11 is 0. The summed E-state index contributed by atoms with van der Waals surface area (Å²) in [5, 5.41) is 0. The first-order valence-electron chi connectivity index (χ1n) is 4.94. The van der Waals surface area contributed by atoms with Crippen molar-refractivity contribution >= 4 is 11.8 Å². The van der Waals surface area contributed by atoms with Gasteiger partial charge in [0.2, 0.25) is 5.78 Å². The Balaban J connectivity index is 2.12. The maximum atomic E-state index is 11.1. The van der Waals surface area contributed by atoms with Crippen LogP contribution < -0.4 is 0 Å². The number of carbonyl (C=O) groups excluding carboxylic acids is 2. The lowest BCUT2D eigenvalue weighted by atomic mass is 9.82. The van der Waals surface area contributed by atoms with Crippen LogP contribution in [-0.4, -0.2) is 18.4 Å². The predicted molar refractivity (Wildman–Crippen MR) is 48.2 cm³/mol. The van der Waals surface area contributed by atoms with Crippen molar-refractivity contribution in [1.29, 1.82) is 0 Å². The van der Waals surface area contributed by atoms with E-state index in [0.717, 1.165) is 6.42 Å². The lowest BCUT2D eigenvalue weighted by Gasteiger charge is -2.24. The van der Waals surface area contributed by atoms with Crippen LogP contribution in [0.1, 0.15) is 39.0 Å². The Morgan fingerprint density at radius 3 is 2.54 bits per heavy atom. The fourth-order valence-corrected chi connectivity index (χ4v) is 1.43. The Morgan fingerprint density at radius 1 is 1.38 bits per heavy atom. The summed E-state index contributed by atoms with van der Waals surface area (Å²) in [6.45, 7) is 1.99. The Hall–Kier alpha value is -0.860. The summed E-state index contributed by atoms with van der Waals surface area (Å²) in [5.74, 6) is -0.353. The van der Waals surface area contributed by atoms with Gasteiger partial charge >= 0.3 is 5.97 Å². The van der Waals surface area contributed by atoms with Crippen LogP contribution in [0.25, 0.3) is 0 Å². The highest BCUT2D eigenvalue weighted by Crippen LogP contribution is 2.30. The molecule has 0 N–H and O–H groups in total. The van der Waals surface area contributed by atoms with E-state index in [-0.39, 0.29) is 12.4 Å². The highest BCUT2D eigenvalue weighted by molar-refractivity contribution is 6.33. The van der Waals surface area contributed by atoms with Crippen LogP contribution in [0.3, 0.4) is 0 Å². The molecule has 0 aromatic heterocycles. The number of carbonyl (C=O) groups is 2. The van der Waals surface area contributed by atoms with Crippen molar-refractivity contribution in [2.45, 2.75) is 39.0 Å². The van der Waals surface area contributed by atoms with Gasteiger partial charge in [0.15, 0.2) is 0 Å². The first-order chi connectivity index (χ1) is 6.24. The molecule has 0 heterocycles. The number of rotatable bonds is 5. The number of esters is 1. The summed E-state index contributed by atoms with van der Waals surface area (Å²) < 4.78 is 4.60. The van der Waals surface area contributed by atoms with E-state index in [1.807, 2.05) is 0 Å². The molecule has 0 saturated heterocycles. The number of ether oxygens (including phenoxy) is 1. The van der Waals surface area contributed by atoms with E-state index in [9.17, 15) is 9.59 Å². The zero-order valence-corrected chi connectivity index (χ0v) is 8.04. The van der Waals surface area contributed by atoms with Gasteiger partial charge in [-0.25, -0.2) is 4.79 Å². The first kappa shape index (κ1) is 10.2. The highest BCUT2D eigenvalue weighted by Gasteiger charge is 2.21. The minimum absolute atomic E-state index is 0.286. The predicted octanol–water partition coefficient (Wildman–Crippen LogP) is 1.70. The van der Waals surface area contributed by atoms with Gasteiger partial charge in [0.25, 0.3) is 0 Å². The van der Waals surface area contributed by atoms with Crippen LogP contribution >= 0.6 is 0 Å². The maximum absolute atomic E-state index is 11.1. The molecular formula is C10H16O3. The fourth-order valence-electron chi connectivity index (χ4n) is 1.43. The third kappa shape index (κ3) is 3.17. The molecule has 0 aromatic carbocycles. The average Bonchev–Trinajstić information content (AvgIpc) is 2.01. The van der Waals surface area contributed by atoms with E-state index in [4.69, 9.17) is 0 Å². The Kier molecular flexibility index (Phi) is 3.93. The minimum Gasteiger partial charge on any atom is -0.460 e. The van der Waals surface area contributed by atoms with Crippen molar-refractivity contribution < 1.29 is 14.3 Å². The van der Waals surface area contributed by atoms with Crippen molar-refractivity contribution in [2.75, 3.05) is 6.61 Å². The van der Waals surface area contributed by atoms with Crippen molar-refractivity contribution in [3.05, 3.63) is 0 Å². The monoisotopic (exact) mass is 184 g/mol. The van der Waals surface area contributed by atoms with Crippen molar-refractivity contribution in [3.63, 3.8) is 0 Å². The molecule has 1 aliphatic rings. The van der Waals surface area contributed by atoms with Gasteiger partial charge in [-0.1, -0.05) is 19.3 Å². The number of hydrogen-bond donors (Lipinski definition) is 0. The normalized spacial score (nSPS) is 16.4. The lowest BCUT2D eigenvalue weighted by Crippen LogP contribution is -2.20. The third-order valence-corrected chi connectivity index (χ3v) is 2.51. The molecule has 0 radical (unpaired) electrons. The molecule has 13 heavy (non-hydrogen) atoms. The molecule has 0 atom stereocenters. The van der Waals surface area contributed by atoms with E-state index >= 15 is 0 Å². The summed E-state index contributed by atoms with van der Waals surface area (Å²) in [5.41, 5.74) is 0. The van der Waals surface area contributed by atoms with E-state index in [2.05, 4.69) is 4.74 Å². The lowest BCUT2D eigenvalue weighted by molar-refractivity contribution is -0.153. The van der Waals surface area contributed by atoms with Crippen LogP contribution in [0.2, 0.25) is 0 Å². The highest BCUT2D eigenvalue weighted by atomic mass is 16.5. The molecule has 3 heteroatoms. The van der Waals surface area contributed by atoms with Gasteiger partial charge in [-0.3, -0.25) is 4.79 Å². The third-order valence-electron chi connectivity index (χ3n) is 2.51. The van der Waals surface area contributed by atoms with Gasteiger partial charge in [-0.05, 0) is 19.3 Å². The second kappa shape index (κ2) is 5.00. The maximum Gasteiger partial charge on any atom is 0.374 e. The van der Waals surface area contributed by atoms with Crippen molar-refractivity contribution in [1.82, 2.24) is 0 Å². The number of hydrogen-bond acceptors (Lipinski definition) is 3. The molecule has 1 aliphatic carbocycles. The standard InChI is InChI=1S/C10H16O3/c1-2-13-10(12)9(11)7-6-8-4-3-5-8/h8H,2-7H2,1H3. The van der Waals surface area contributed by atoms with Crippen LogP contribution in [0.4, 0.5) is 0 Å². The van der Waals surface area contributed by atoms with Crippen molar-refractivity contribution in [2.24, 2.45) is 5.92 Å². The molecule has 0 aromatic rings. The molecule has 0 amide bonds. The quantitative estimate of drug-likeness (QED) is 0.482. The topological polar surface area (TPSA) is 43.4 Å². The minimum atomic E-state index is -0.665. The van der Waals surface area contributed by atoms with Gasteiger partial charge < -0.3 is 4.74 Å². The van der Waals surface area contributed by atoms with Crippen LogP contribution in [0, 0.1) is 5.92 Å². The average molecular weight is 184 g/mol. The molecule has 0 spiro atoms. The van der Waals surface area contributed by atoms with Crippen molar-refractivity contribution in [3.8, 4) is 0 Å². The van der Waals surface area contributed by atoms with Gasteiger partial charge in [-0.15, -0.1) is 0 Å². The number of ketones is 1. The molecule has 1 saturated carbocycles. The number of Topliss-reactive ketones (excluding diaryl/α,β-unsaturated/α-hetero) is 1. The van der Waals surface area contributed by atoms with E-state index in [0.29, 0.717) is 12.3 Å². The summed E-state index contributed by atoms with van der Waals surface area (Å²) in [6, 6.07) is 0. The van der Waals surface area contributed by atoms with E-state index in [1.54, 1.807) is 6.92 Å². The largest absolute Gasteiger partial charge is 0.460 e. The van der Waals surface area contributed by atoms with Crippen LogP contribution in [-0.2, 0) is 14.3 Å². The first-order valence-corrected chi connectivity index (χ1v) is 4.94. The summed E-state index contributed by atoms with van der Waals surface area (Å²) in [4.78, 5) is 22.0. The van der Waals surface area contributed by atoms with Gasteiger partial charge in [0, 0.05) is 6.42 Å². The summed E-state index contributed by atoms with van der Waals surface area (Å²) in [6.07, 6.45) is 4.94. The fraction of sp³-hybridized carbons (Fsp3) is 0.800. The molecule has 0 bridgehead atoms. The molecule has 3 nitrogen and oxygen atoms in total. The second-order valence-corrected chi connectivity index (χ2v) is 3.48. The zero-order chi connectivity index (χ0) is 9.68. The molecule has 1 fully saturated rings. The van der Waals surface area contributed by atoms with Gasteiger partial charge in [-0.2, -0.15) is 0 Å². The molecule has 0 unspecified atom stereocenters. The SMILES string of the molecule is CCOC(=O)C(=O)CCC1CCC1. The molecule has 1 rings (SSSR count). The smallest absolute Gasteiger partial charge is 0.374 e. The van der Waals surface area contributed by atoms with E-state index < -0.39 is 5.97 Å². The van der Waals surface area contributed by atoms with Gasteiger partial charge in [0.1, 0.15) is 0 Å². The molecule has 74 valence electrons. The Morgan fingerprint density at radius 2 is 2.08 bits per heavy atom. The Bertz CT molecular complexity index is 194. The van der Waals surface area contributed by atoms with E-state index in [1.165, 1.54) is 19.3 Å². The Labute approximate surface area is 78.5 Å². The molecular weight excluding hydrogens is 168 g/mol. The zero-order valence-electron chi connectivity index (χ0n) is 8.04. The van der Waals surface area contributed by atoms with Crippen LogP contribution in [0.5, 0.6) is 0 Å². The second-order valence-electron chi connectivity index (χ2n) is 3.48.